The summed E-state index contributed by atoms with van der Waals surface area (Å²) in [6, 6.07) is 10.2. The molecule has 0 atom stereocenters. The van der Waals surface area contributed by atoms with E-state index in [1.807, 2.05) is 0 Å². The quantitative estimate of drug-likeness (QED) is 0.591. The van der Waals surface area contributed by atoms with Crippen molar-refractivity contribution in [1.82, 2.24) is 0 Å². The SMILES string of the molecule is CC(=O)c1cccc(NC(=O)c2ccc(O)cc2)c1O. The van der Waals surface area contributed by atoms with E-state index in [1.165, 1.54) is 43.3 Å². The van der Waals surface area contributed by atoms with E-state index < -0.39 is 5.91 Å². The van der Waals surface area contributed by atoms with Crippen LogP contribution in [-0.4, -0.2) is 21.9 Å². The number of phenols is 2. The maximum Gasteiger partial charge on any atom is 0.255 e. The van der Waals surface area contributed by atoms with E-state index in [0.717, 1.165) is 0 Å². The van der Waals surface area contributed by atoms with Crippen LogP contribution in [0.25, 0.3) is 0 Å². The molecule has 0 aliphatic rings. The minimum atomic E-state index is -0.444. The lowest BCUT2D eigenvalue weighted by Crippen LogP contribution is -2.12. The number of benzene rings is 2. The van der Waals surface area contributed by atoms with Crippen LogP contribution in [0.4, 0.5) is 5.69 Å². The second kappa shape index (κ2) is 5.44. The van der Waals surface area contributed by atoms with Crippen LogP contribution in [0.3, 0.4) is 0 Å². The molecule has 0 saturated heterocycles. The monoisotopic (exact) mass is 271 g/mol. The Hall–Kier alpha value is -2.82. The summed E-state index contributed by atoms with van der Waals surface area (Å²) in [5.41, 5.74) is 0.639. The molecule has 5 heteroatoms. The molecule has 2 aromatic rings. The van der Waals surface area contributed by atoms with Gasteiger partial charge in [-0.15, -0.1) is 0 Å². The van der Waals surface area contributed by atoms with Gasteiger partial charge in [-0.1, -0.05) is 6.07 Å². The third-order valence-electron chi connectivity index (χ3n) is 2.79. The maximum absolute atomic E-state index is 12.0. The average molecular weight is 271 g/mol. The molecule has 3 N–H and O–H groups in total. The molecule has 0 heterocycles. The van der Waals surface area contributed by atoms with Crippen LogP contribution >= 0.6 is 0 Å². The smallest absolute Gasteiger partial charge is 0.255 e. The van der Waals surface area contributed by atoms with Crippen LogP contribution < -0.4 is 5.32 Å². The van der Waals surface area contributed by atoms with Gasteiger partial charge in [0, 0.05) is 5.56 Å². The predicted octanol–water partition coefficient (Wildman–Crippen LogP) is 2.55. The Bertz CT molecular complexity index is 662. The normalized spacial score (nSPS) is 10.1. The van der Waals surface area contributed by atoms with Gasteiger partial charge in [0.05, 0.1) is 11.3 Å². The molecule has 0 spiro atoms. The van der Waals surface area contributed by atoms with Crippen molar-refractivity contribution in [3.63, 3.8) is 0 Å². The zero-order valence-electron chi connectivity index (χ0n) is 10.8. The molecule has 0 fully saturated rings. The average Bonchev–Trinajstić information content (AvgIpc) is 2.41. The molecule has 5 nitrogen and oxygen atoms in total. The highest BCUT2D eigenvalue weighted by Crippen LogP contribution is 2.28. The van der Waals surface area contributed by atoms with Crippen molar-refractivity contribution in [2.24, 2.45) is 0 Å². The molecule has 0 saturated carbocycles. The number of rotatable bonds is 3. The number of hydrogen-bond donors (Lipinski definition) is 3. The third-order valence-corrected chi connectivity index (χ3v) is 2.79. The minimum absolute atomic E-state index is 0.0583. The van der Waals surface area contributed by atoms with Gasteiger partial charge in [0.1, 0.15) is 11.5 Å². The molecule has 2 aromatic carbocycles. The summed E-state index contributed by atoms with van der Waals surface area (Å²) in [5.74, 6) is -0.931. The van der Waals surface area contributed by atoms with Gasteiger partial charge in [-0.3, -0.25) is 9.59 Å². The number of hydrogen-bond acceptors (Lipinski definition) is 4. The number of nitrogens with one attached hydrogen (secondary N) is 1. The zero-order valence-corrected chi connectivity index (χ0v) is 10.8. The highest BCUT2D eigenvalue weighted by atomic mass is 16.3. The van der Waals surface area contributed by atoms with Crippen LogP contribution in [-0.2, 0) is 0 Å². The first-order valence-corrected chi connectivity index (χ1v) is 5.92. The maximum atomic E-state index is 12.0. The molecular weight excluding hydrogens is 258 g/mol. The number of anilines is 1. The fourth-order valence-electron chi connectivity index (χ4n) is 1.74. The second-order valence-electron chi connectivity index (χ2n) is 4.26. The van der Waals surface area contributed by atoms with Crippen LogP contribution in [0.2, 0.25) is 0 Å². The van der Waals surface area contributed by atoms with Crippen molar-refractivity contribution in [2.75, 3.05) is 5.32 Å². The Morgan fingerprint density at radius 1 is 1.00 bits per heavy atom. The van der Waals surface area contributed by atoms with E-state index in [-0.39, 0.29) is 28.5 Å². The first kappa shape index (κ1) is 13.6. The van der Waals surface area contributed by atoms with E-state index >= 15 is 0 Å². The lowest BCUT2D eigenvalue weighted by atomic mass is 10.1. The predicted molar refractivity (Wildman–Crippen MR) is 74.2 cm³/mol. The minimum Gasteiger partial charge on any atom is -0.508 e. The molecule has 20 heavy (non-hydrogen) atoms. The Morgan fingerprint density at radius 2 is 1.65 bits per heavy atom. The molecule has 1 amide bonds. The molecule has 2 rings (SSSR count). The van der Waals surface area contributed by atoms with Crippen LogP contribution in [0.5, 0.6) is 11.5 Å². The summed E-state index contributed by atoms with van der Waals surface area (Å²) in [4.78, 5) is 23.3. The molecule has 0 aliphatic carbocycles. The number of para-hydroxylation sites is 1. The zero-order chi connectivity index (χ0) is 14.7. The largest absolute Gasteiger partial charge is 0.508 e. The fraction of sp³-hybridized carbons (Fsp3) is 0.0667. The molecule has 102 valence electrons. The van der Waals surface area contributed by atoms with Gasteiger partial charge in [0.25, 0.3) is 5.91 Å². The number of phenolic OH excluding ortho intramolecular Hbond substituents is 2. The number of Topliss-reactive ketones (excluding diaryl/α,β-unsaturated/α-hetero) is 1. The Kier molecular flexibility index (Phi) is 3.70. The number of ketones is 1. The highest BCUT2D eigenvalue weighted by Gasteiger charge is 2.13. The number of carbonyl (C=O) groups excluding carboxylic acids is 2. The highest BCUT2D eigenvalue weighted by molar-refractivity contribution is 6.06. The van der Waals surface area contributed by atoms with Gasteiger partial charge >= 0.3 is 0 Å². The Labute approximate surface area is 115 Å². The third kappa shape index (κ3) is 2.77. The van der Waals surface area contributed by atoms with Gasteiger partial charge in [-0.2, -0.15) is 0 Å². The number of aromatic hydroxyl groups is 2. The van der Waals surface area contributed by atoms with Crippen LogP contribution in [0, 0.1) is 0 Å². The number of amides is 1. The summed E-state index contributed by atoms with van der Waals surface area (Å²) in [5, 5.41) is 21.6. The molecule has 0 aliphatic heterocycles. The molecular formula is C15H13NO4. The molecule has 0 aromatic heterocycles. The standard InChI is InChI=1S/C15H13NO4/c1-9(17)12-3-2-4-13(14(12)19)16-15(20)10-5-7-11(18)8-6-10/h2-8,18-19H,1H3,(H,16,20). The summed E-state index contributed by atoms with van der Waals surface area (Å²) in [6.07, 6.45) is 0. The van der Waals surface area contributed by atoms with Crippen molar-refractivity contribution >= 4 is 17.4 Å². The van der Waals surface area contributed by atoms with Crippen molar-refractivity contribution in [1.29, 1.82) is 0 Å². The summed E-state index contributed by atoms with van der Waals surface area (Å²) in [7, 11) is 0. The topological polar surface area (TPSA) is 86.6 Å². The first-order valence-electron chi connectivity index (χ1n) is 5.92. The first-order chi connectivity index (χ1) is 9.49. The van der Waals surface area contributed by atoms with Gasteiger partial charge < -0.3 is 15.5 Å². The molecule has 0 bridgehead atoms. The lowest BCUT2D eigenvalue weighted by Gasteiger charge is -2.09. The molecule has 0 radical (unpaired) electrons. The van der Waals surface area contributed by atoms with Crippen LogP contribution in [0.15, 0.2) is 42.5 Å². The summed E-state index contributed by atoms with van der Waals surface area (Å²) >= 11 is 0. The van der Waals surface area contributed by atoms with Crippen molar-refractivity contribution < 1.29 is 19.8 Å². The Balaban J connectivity index is 2.26. The van der Waals surface area contributed by atoms with Gasteiger partial charge in [-0.25, -0.2) is 0 Å². The van der Waals surface area contributed by atoms with Crippen LogP contribution in [0.1, 0.15) is 27.6 Å². The van der Waals surface area contributed by atoms with E-state index in [0.29, 0.717) is 5.56 Å². The van der Waals surface area contributed by atoms with Crippen molar-refractivity contribution in [3.05, 3.63) is 53.6 Å². The summed E-state index contributed by atoms with van der Waals surface area (Å²) in [6.45, 7) is 1.33. The van der Waals surface area contributed by atoms with E-state index in [9.17, 15) is 14.7 Å². The van der Waals surface area contributed by atoms with Gasteiger partial charge in [-0.05, 0) is 43.3 Å². The lowest BCUT2D eigenvalue weighted by molar-refractivity contribution is 0.100. The Morgan fingerprint density at radius 3 is 2.25 bits per heavy atom. The molecule has 0 unspecified atom stereocenters. The number of carbonyl (C=O) groups is 2. The second-order valence-corrected chi connectivity index (χ2v) is 4.26. The van der Waals surface area contributed by atoms with Gasteiger partial charge in [0.2, 0.25) is 0 Å². The van der Waals surface area contributed by atoms with E-state index in [1.54, 1.807) is 6.07 Å². The summed E-state index contributed by atoms with van der Waals surface area (Å²) < 4.78 is 0. The van der Waals surface area contributed by atoms with E-state index in [2.05, 4.69) is 5.32 Å². The fourth-order valence-corrected chi connectivity index (χ4v) is 1.74. The van der Waals surface area contributed by atoms with E-state index in [4.69, 9.17) is 5.11 Å². The van der Waals surface area contributed by atoms with Crippen molar-refractivity contribution in [2.45, 2.75) is 6.92 Å². The van der Waals surface area contributed by atoms with Gasteiger partial charge in [0.15, 0.2) is 5.78 Å². The van der Waals surface area contributed by atoms with Crippen molar-refractivity contribution in [3.8, 4) is 11.5 Å².